The zero-order valence-corrected chi connectivity index (χ0v) is 10.3. The van der Waals surface area contributed by atoms with E-state index in [4.69, 9.17) is 5.73 Å². The van der Waals surface area contributed by atoms with Gasteiger partial charge in [-0.3, -0.25) is 0 Å². The third-order valence-electron chi connectivity index (χ3n) is 2.61. The van der Waals surface area contributed by atoms with Gasteiger partial charge in [0, 0.05) is 6.04 Å². The molecule has 0 fully saturated rings. The maximum Gasteiger partial charge on any atom is 0.419 e. The quantitative estimate of drug-likeness (QED) is 0.847. The van der Waals surface area contributed by atoms with Crippen LogP contribution in [0.4, 0.5) is 17.6 Å². The summed E-state index contributed by atoms with van der Waals surface area (Å²) >= 11 is 0. The van der Waals surface area contributed by atoms with Crippen LogP contribution in [0.5, 0.6) is 0 Å². The molecular formula is C12H16F4N2. The molecule has 0 heterocycles. The van der Waals surface area contributed by atoms with E-state index in [2.05, 4.69) is 0 Å². The minimum Gasteiger partial charge on any atom is -0.324 e. The molecule has 0 spiro atoms. The third kappa shape index (κ3) is 3.96. The molecule has 0 aromatic heterocycles. The fourth-order valence-corrected chi connectivity index (χ4v) is 1.55. The van der Waals surface area contributed by atoms with Gasteiger partial charge >= 0.3 is 6.18 Å². The summed E-state index contributed by atoms with van der Waals surface area (Å²) in [5, 5.41) is 0. The lowest BCUT2D eigenvalue weighted by Crippen LogP contribution is -2.20. The molecule has 0 bridgehead atoms. The van der Waals surface area contributed by atoms with Crippen molar-refractivity contribution >= 4 is 0 Å². The first kappa shape index (κ1) is 14.9. The minimum atomic E-state index is -4.69. The molecule has 0 amide bonds. The van der Waals surface area contributed by atoms with Gasteiger partial charge in [-0.25, -0.2) is 4.39 Å². The van der Waals surface area contributed by atoms with Gasteiger partial charge in [0.05, 0.1) is 5.56 Å². The molecule has 2 nitrogen and oxygen atoms in total. The number of benzene rings is 1. The van der Waals surface area contributed by atoms with Crippen LogP contribution in [0, 0.1) is 5.82 Å². The Hall–Kier alpha value is -1.14. The number of halogens is 4. The van der Waals surface area contributed by atoms with E-state index in [0.717, 1.165) is 12.1 Å². The van der Waals surface area contributed by atoms with E-state index >= 15 is 0 Å². The Kier molecular flexibility index (Phi) is 4.70. The molecule has 1 rings (SSSR count). The second-order valence-corrected chi connectivity index (χ2v) is 4.44. The molecule has 0 aliphatic heterocycles. The van der Waals surface area contributed by atoms with Crippen LogP contribution in [0.1, 0.15) is 23.6 Å². The van der Waals surface area contributed by atoms with Crippen LogP contribution in [0.15, 0.2) is 18.2 Å². The molecule has 0 saturated carbocycles. The monoisotopic (exact) mass is 264 g/mol. The van der Waals surface area contributed by atoms with Gasteiger partial charge in [0.25, 0.3) is 0 Å². The van der Waals surface area contributed by atoms with Crippen molar-refractivity contribution in [2.45, 2.75) is 18.6 Å². The van der Waals surface area contributed by atoms with Crippen LogP contribution in [-0.2, 0) is 6.18 Å². The van der Waals surface area contributed by atoms with Crippen molar-refractivity contribution in [1.29, 1.82) is 0 Å². The number of nitrogens with two attached hydrogens (primary N) is 1. The van der Waals surface area contributed by atoms with Gasteiger partial charge in [-0.15, -0.1) is 0 Å². The van der Waals surface area contributed by atoms with E-state index < -0.39 is 23.6 Å². The van der Waals surface area contributed by atoms with Crippen molar-refractivity contribution in [3.8, 4) is 0 Å². The molecule has 1 aromatic carbocycles. The topological polar surface area (TPSA) is 29.3 Å². The molecule has 1 atom stereocenters. The highest BCUT2D eigenvalue weighted by atomic mass is 19.4. The highest BCUT2D eigenvalue weighted by molar-refractivity contribution is 5.29. The molecule has 0 aliphatic carbocycles. The van der Waals surface area contributed by atoms with Crippen molar-refractivity contribution in [2.75, 3.05) is 20.6 Å². The molecule has 0 aliphatic rings. The SMILES string of the molecule is CN(C)CCC(N)c1ccc(F)c(C(F)(F)F)c1. The molecular weight excluding hydrogens is 248 g/mol. The molecule has 18 heavy (non-hydrogen) atoms. The lowest BCUT2D eigenvalue weighted by molar-refractivity contribution is -0.140. The number of nitrogens with zero attached hydrogens (tertiary/aromatic N) is 1. The second kappa shape index (κ2) is 5.67. The number of rotatable bonds is 4. The molecule has 102 valence electrons. The molecule has 2 N–H and O–H groups in total. The molecule has 6 heteroatoms. The van der Waals surface area contributed by atoms with Crippen LogP contribution in [-0.4, -0.2) is 25.5 Å². The van der Waals surface area contributed by atoms with Crippen molar-refractivity contribution in [2.24, 2.45) is 5.73 Å². The molecule has 0 radical (unpaired) electrons. The Balaban J connectivity index is 2.91. The first-order valence-electron chi connectivity index (χ1n) is 5.48. The van der Waals surface area contributed by atoms with Gasteiger partial charge in [-0.05, 0) is 44.8 Å². The summed E-state index contributed by atoms with van der Waals surface area (Å²) < 4.78 is 50.6. The first-order chi connectivity index (χ1) is 8.21. The Bertz CT molecular complexity index is 402. The summed E-state index contributed by atoms with van der Waals surface area (Å²) in [6.07, 6.45) is -4.18. The van der Waals surface area contributed by atoms with Crippen molar-refractivity contribution < 1.29 is 17.6 Å². The first-order valence-corrected chi connectivity index (χ1v) is 5.48. The van der Waals surface area contributed by atoms with Crippen LogP contribution in [0.2, 0.25) is 0 Å². The van der Waals surface area contributed by atoms with Gasteiger partial charge in [0.1, 0.15) is 5.82 Å². The van der Waals surface area contributed by atoms with Crippen LogP contribution >= 0.6 is 0 Å². The predicted octanol–water partition coefficient (Wildman–Crippen LogP) is 2.80. The van der Waals surface area contributed by atoms with Gasteiger partial charge < -0.3 is 10.6 Å². The lowest BCUT2D eigenvalue weighted by atomic mass is 10.0. The summed E-state index contributed by atoms with van der Waals surface area (Å²) in [5.41, 5.74) is 4.82. The maximum absolute atomic E-state index is 13.1. The Morgan fingerprint density at radius 1 is 1.28 bits per heavy atom. The number of alkyl halides is 3. The second-order valence-electron chi connectivity index (χ2n) is 4.44. The summed E-state index contributed by atoms with van der Waals surface area (Å²) in [6.45, 7) is 0.653. The van der Waals surface area contributed by atoms with Crippen molar-refractivity contribution in [3.05, 3.63) is 35.1 Å². The van der Waals surface area contributed by atoms with E-state index in [0.29, 0.717) is 18.5 Å². The maximum atomic E-state index is 13.1. The average Bonchev–Trinajstić information content (AvgIpc) is 2.24. The van der Waals surface area contributed by atoms with E-state index in [9.17, 15) is 17.6 Å². The highest BCUT2D eigenvalue weighted by Gasteiger charge is 2.34. The van der Waals surface area contributed by atoms with E-state index in [1.165, 1.54) is 6.07 Å². The number of hydrogen-bond acceptors (Lipinski definition) is 2. The van der Waals surface area contributed by atoms with E-state index in [1.54, 1.807) is 0 Å². The summed E-state index contributed by atoms with van der Waals surface area (Å²) in [7, 11) is 3.69. The van der Waals surface area contributed by atoms with Gasteiger partial charge in [-0.1, -0.05) is 6.07 Å². The lowest BCUT2D eigenvalue weighted by Gasteiger charge is -2.17. The largest absolute Gasteiger partial charge is 0.419 e. The summed E-state index contributed by atoms with van der Waals surface area (Å²) in [5.74, 6) is -1.27. The van der Waals surface area contributed by atoms with Crippen LogP contribution in [0.25, 0.3) is 0 Å². The molecule has 1 unspecified atom stereocenters. The summed E-state index contributed by atoms with van der Waals surface area (Å²) in [6, 6.07) is 2.36. The fourth-order valence-electron chi connectivity index (χ4n) is 1.55. The summed E-state index contributed by atoms with van der Waals surface area (Å²) in [4.78, 5) is 1.88. The molecule has 1 aromatic rings. The fraction of sp³-hybridized carbons (Fsp3) is 0.500. The third-order valence-corrected chi connectivity index (χ3v) is 2.61. The standard InChI is InChI=1S/C12H16F4N2/c1-18(2)6-5-11(17)8-3-4-10(13)9(7-8)12(14,15)16/h3-4,7,11H,5-6,17H2,1-2H3. The average molecular weight is 264 g/mol. The van der Waals surface area contributed by atoms with Gasteiger partial charge in [0.15, 0.2) is 0 Å². The normalized spacial score (nSPS) is 14.0. The zero-order chi connectivity index (χ0) is 13.9. The van der Waals surface area contributed by atoms with Crippen LogP contribution < -0.4 is 5.73 Å². The van der Waals surface area contributed by atoms with Crippen molar-refractivity contribution in [1.82, 2.24) is 4.90 Å². The van der Waals surface area contributed by atoms with Crippen LogP contribution in [0.3, 0.4) is 0 Å². The highest BCUT2D eigenvalue weighted by Crippen LogP contribution is 2.33. The Morgan fingerprint density at radius 2 is 1.89 bits per heavy atom. The Morgan fingerprint density at radius 3 is 2.39 bits per heavy atom. The van der Waals surface area contributed by atoms with Crippen molar-refractivity contribution in [3.63, 3.8) is 0 Å². The van der Waals surface area contributed by atoms with E-state index in [1.807, 2.05) is 19.0 Å². The zero-order valence-electron chi connectivity index (χ0n) is 10.3. The molecule has 0 saturated heterocycles. The predicted molar refractivity (Wildman–Crippen MR) is 61.5 cm³/mol. The minimum absolute atomic E-state index is 0.297. The smallest absolute Gasteiger partial charge is 0.324 e. The van der Waals surface area contributed by atoms with Gasteiger partial charge in [0.2, 0.25) is 0 Å². The number of hydrogen-bond donors (Lipinski definition) is 1. The van der Waals surface area contributed by atoms with Gasteiger partial charge in [-0.2, -0.15) is 13.2 Å². The Labute approximate surface area is 103 Å². The van der Waals surface area contributed by atoms with E-state index in [-0.39, 0.29) is 0 Å².